The zero-order valence-electron chi connectivity index (χ0n) is 13.1. The maximum absolute atomic E-state index is 12.5. The van der Waals surface area contributed by atoms with Crippen molar-refractivity contribution in [3.63, 3.8) is 0 Å². The Morgan fingerprint density at radius 2 is 1.88 bits per heavy atom. The third-order valence-electron chi connectivity index (χ3n) is 3.92. The lowest BCUT2D eigenvalue weighted by Crippen LogP contribution is -2.50. The van der Waals surface area contributed by atoms with Crippen molar-refractivity contribution in [1.82, 2.24) is 5.32 Å². The van der Waals surface area contributed by atoms with Gasteiger partial charge in [0.15, 0.2) is 0 Å². The molecule has 1 amide bonds. The van der Waals surface area contributed by atoms with Crippen molar-refractivity contribution >= 4 is 23.2 Å². The molecule has 1 saturated heterocycles. The number of carbonyl (C=O) groups excluding carboxylic acids is 1. The van der Waals surface area contributed by atoms with E-state index in [0.717, 1.165) is 11.3 Å². The van der Waals surface area contributed by atoms with Crippen molar-refractivity contribution in [2.24, 2.45) is 0 Å². The fourth-order valence-corrected chi connectivity index (χ4v) is 2.93. The lowest BCUT2D eigenvalue weighted by Gasteiger charge is -2.36. The van der Waals surface area contributed by atoms with E-state index in [1.165, 1.54) is 0 Å². The predicted molar refractivity (Wildman–Crippen MR) is 93.6 cm³/mol. The van der Waals surface area contributed by atoms with Crippen molar-refractivity contribution in [3.8, 4) is 5.75 Å². The molecule has 5 nitrogen and oxygen atoms in total. The molecule has 0 saturated carbocycles. The second kappa shape index (κ2) is 7.66. The summed E-state index contributed by atoms with van der Waals surface area (Å²) in [5, 5.41) is 12.6. The van der Waals surface area contributed by atoms with Gasteiger partial charge in [-0.3, -0.25) is 4.79 Å². The van der Waals surface area contributed by atoms with Gasteiger partial charge in [0, 0.05) is 17.3 Å². The normalized spacial score (nSPS) is 17.8. The van der Waals surface area contributed by atoms with Gasteiger partial charge in [-0.2, -0.15) is 0 Å². The van der Waals surface area contributed by atoms with Gasteiger partial charge in [0.05, 0.1) is 19.2 Å². The second-order valence-corrected chi connectivity index (χ2v) is 5.96. The van der Waals surface area contributed by atoms with Gasteiger partial charge in [0.2, 0.25) is 5.91 Å². The molecule has 2 aromatic rings. The summed E-state index contributed by atoms with van der Waals surface area (Å²) in [5.41, 5.74) is 1.85. The van der Waals surface area contributed by atoms with E-state index >= 15 is 0 Å². The Morgan fingerprint density at radius 3 is 2.54 bits per heavy atom. The van der Waals surface area contributed by atoms with E-state index in [-0.39, 0.29) is 25.2 Å². The maximum Gasteiger partial charge on any atom is 0.241 e. The first kappa shape index (κ1) is 16.8. The van der Waals surface area contributed by atoms with E-state index in [1.54, 1.807) is 17.0 Å². The average molecular weight is 347 g/mol. The quantitative estimate of drug-likeness (QED) is 0.872. The Labute approximate surface area is 145 Å². The summed E-state index contributed by atoms with van der Waals surface area (Å²) in [7, 11) is 0. The lowest BCUT2D eigenvalue weighted by atomic mass is 10.0. The molecule has 0 aliphatic carbocycles. The molecule has 0 bridgehead atoms. The zero-order valence-corrected chi connectivity index (χ0v) is 13.9. The molecular formula is C18H19ClN2O3. The standard InChI is InChI=1S/C18H19ClN2O3/c19-14-3-1-13(2-4-14)17-11-20-12-18(23)21(17)15-5-7-16(8-6-15)24-10-9-22/h1-8,17,20,22H,9-12H2. The Bertz CT molecular complexity index is 688. The third kappa shape index (κ3) is 3.70. The number of aliphatic hydroxyl groups is 1. The Morgan fingerprint density at radius 1 is 1.17 bits per heavy atom. The number of benzene rings is 2. The van der Waals surface area contributed by atoms with Crippen LogP contribution in [0, 0.1) is 0 Å². The van der Waals surface area contributed by atoms with Crippen LogP contribution in [-0.2, 0) is 4.79 Å². The molecule has 1 heterocycles. The highest BCUT2D eigenvalue weighted by atomic mass is 35.5. The van der Waals surface area contributed by atoms with Crippen LogP contribution in [0.25, 0.3) is 0 Å². The third-order valence-corrected chi connectivity index (χ3v) is 4.18. The number of nitrogens with zero attached hydrogens (tertiary/aromatic N) is 1. The lowest BCUT2D eigenvalue weighted by molar-refractivity contribution is -0.119. The van der Waals surface area contributed by atoms with E-state index in [1.807, 2.05) is 36.4 Å². The molecule has 0 spiro atoms. The summed E-state index contributed by atoms with van der Waals surface area (Å²) in [6, 6.07) is 14.8. The molecule has 2 aromatic carbocycles. The number of halogens is 1. The highest BCUT2D eigenvalue weighted by molar-refractivity contribution is 6.30. The highest BCUT2D eigenvalue weighted by Crippen LogP contribution is 2.30. The average Bonchev–Trinajstić information content (AvgIpc) is 2.61. The largest absolute Gasteiger partial charge is 0.491 e. The minimum atomic E-state index is -0.0901. The molecule has 3 rings (SSSR count). The number of carbonyl (C=O) groups is 1. The van der Waals surface area contributed by atoms with Crippen LogP contribution < -0.4 is 15.0 Å². The SMILES string of the molecule is O=C1CNCC(c2ccc(Cl)cc2)N1c1ccc(OCCO)cc1. The highest BCUT2D eigenvalue weighted by Gasteiger charge is 2.30. The minimum Gasteiger partial charge on any atom is -0.491 e. The molecule has 126 valence electrons. The summed E-state index contributed by atoms with van der Waals surface area (Å²) in [4.78, 5) is 14.3. The van der Waals surface area contributed by atoms with Crippen molar-refractivity contribution < 1.29 is 14.6 Å². The van der Waals surface area contributed by atoms with Gasteiger partial charge >= 0.3 is 0 Å². The Balaban J connectivity index is 1.86. The monoisotopic (exact) mass is 346 g/mol. The van der Waals surface area contributed by atoms with Crippen molar-refractivity contribution in [2.45, 2.75) is 6.04 Å². The number of anilines is 1. The molecular weight excluding hydrogens is 328 g/mol. The van der Waals surface area contributed by atoms with Crippen LogP contribution >= 0.6 is 11.6 Å². The fraction of sp³-hybridized carbons (Fsp3) is 0.278. The van der Waals surface area contributed by atoms with Crippen LogP contribution in [0.3, 0.4) is 0 Å². The Kier molecular flexibility index (Phi) is 5.35. The Hall–Kier alpha value is -2.08. The minimum absolute atomic E-state index is 0.0187. The molecule has 1 fully saturated rings. The number of amides is 1. The molecule has 1 unspecified atom stereocenters. The number of rotatable bonds is 5. The summed E-state index contributed by atoms with van der Waals surface area (Å²) in [5.74, 6) is 0.684. The van der Waals surface area contributed by atoms with E-state index in [0.29, 0.717) is 23.9 Å². The van der Waals surface area contributed by atoms with Gasteiger partial charge < -0.3 is 20.1 Å². The van der Waals surface area contributed by atoms with Crippen LogP contribution in [-0.4, -0.2) is 37.3 Å². The summed E-state index contributed by atoms with van der Waals surface area (Å²) in [6.45, 7) is 1.21. The molecule has 24 heavy (non-hydrogen) atoms. The van der Waals surface area contributed by atoms with E-state index in [4.69, 9.17) is 21.4 Å². The topological polar surface area (TPSA) is 61.8 Å². The molecule has 1 aliphatic rings. The maximum atomic E-state index is 12.5. The van der Waals surface area contributed by atoms with Gasteiger partial charge in [0.25, 0.3) is 0 Å². The van der Waals surface area contributed by atoms with E-state index in [2.05, 4.69) is 5.32 Å². The number of nitrogens with one attached hydrogen (secondary N) is 1. The fourth-order valence-electron chi connectivity index (χ4n) is 2.81. The van der Waals surface area contributed by atoms with Crippen LogP contribution in [0.5, 0.6) is 5.75 Å². The molecule has 6 heteroatoms. The van der Waals surface area contributed by atoms with Crippen LogP contribution in [0.4, 0.5) is 5.69 Å². The molecule has 1 aliphatic heterocycles. The van der Waals surface area contributed by atoms with Crippen LogP contribution in [0.1, 0.15) is 11.6 Å². The number of hydrogen-bond acceptors (Lipinski definition) is 4. The van der Waals surface area contributed by atoms with Crippen LogP contribution in [0.2, 0.25) is 5.02 Å². The number of piperazine rings is 1. The molecule has 1 atom stereocenters. The predicted octanol–water partition coefficient (Wildman–Crippen LogP) is 2.39. The number of aliphatic hydroxyl groups excluding tert-OH is 1. The first-order chi connectivity index (χ1) is 11.7. The number of ether oxygens (including phenoxy) is 1. The summed E-state index contributed by atoms with van der Waals surface area (Å²) >= 11 is 5.96. The zero-order chi connectivity index (χ0) is 16.9. The van der Waals surface area contributed by atoms with Crippen molar-refractivity contribution in [1.29, 1.82) is 0 Å². The molecule has 0 aromatic heterocycles. The van der Waals surface area contributed by atoms with E-state index in [9.17, 15) is 4.79 Å². The van der Waals surface area contributed by atoms with Gasteiger partial charge in [0.1, 0.15) is 12.4 Å². The van der Waals surface area contributed by atoms with Crippen molar-refractivity contribution in [3.05, 3.63) is 59.1 Å². The summed E-state index contributed by atoms with van der Waals surface area (Å²) < 4.78 is 5.37. The molecule has 0 radical (unpaired) electrons. The summed E-state index contributed by atoms with van der Waals surface area (Å²) in [6.07, 6.45) is 0. The van der Waals surface area contributed by atoms with Crippen LogP contribution in [0.15, 0.2) is 48.5 Å². The van der Waals surface area contributed by atoms with E-state index < -0.39 is 0 Å². The van der Waals surface area contributed by atoms with Gasteiger partial charge in [-0.25, -0.2) is 0 Å². The second-order valence-electron chi connectivity index (χ2n) is 5.53. The van der Waals surface area contributed by atoms with Gasteiger partial charge in [-0.1, -0.05) is 23.7 Å². The van der Waals surface area contributed by atoms with Crippen molar-refractivity contribution in [2.75, 3.05) is 31.2 Å². The first-order valence-corrected chi connectivity index (χ1v) is 8.19. The molecule has 2 N–H and O–H groups in total. The first-order valence-electron chi connectivity index (χ1n) is 7.81. The van der Waals surface area contributed by atoms with Gasteiger partial charge in [-0.15, -0.1) is 0 Å². The smallest absolute Gasteiger partial charge is 0.241 e. The van der Waals surface area contributed by atoms with Gasteiger partial charge in [-0.05, 0) is 42.0 Å². The number of hydrogen-bond donors (Lipinski definition) is 2.